The second-order valence-corrected chi connectivity index (χ2v) is 6.16. The van der Waals surface area contributed by atoms with Crippen LogP contribution in [0, 0.1) is 0 Å². The van der Waals surface area contributed by atoms with Gasteiger partial charge in [0.05, 0.1) is 21.3 Å². The molecule has 0 heterocycles. The van der Waals surface area contributed by atoms with Gasteiger partial charge in [0, 0.05) is 41.6 Å². The Kier molecular flexibility index (Phi) is 7.49. The molecule has 0 bridgehead atoms. The van der Waals surface area contributed by atoms with Gasteiger partial charge < -0.3 is 19.5 Å². The maximum Gasteiger partial charge on any atom is 0.220 e. The Morgan fingerprint density at radius 3 is 2.07 bits per heavy atom. The summed E-state index contributed by atoms with van der Waals surface area (Å²) >= 11 is 5.81. The van der Waals surface area contributed by atoms with Gasteiger partial charge in [-0.1, -0.05) is 11.6 Å². The molecule has 27 heavy (non-hydrogen) atoms. The number of hydrogen-bond donors (Lipinski definition) is 1. The SMILES string of the molecule is COc1cc(OC)c(OC)cc1CNC(=O)CCC(=O)c1ccc(Cl)cc1. The number of nitrogens with one attached hydrogen (secondary N) is 1. The first-order valence-electron chi connectivity index (χ1n) is 8.32. The molecular formula is C20H22ClNO5. The first-order chi connectivity index (χ1) is 13.0. The normalized spacial score (nSPS) is 10.2. The molecule has 0 saturated heterocycles. The van der Waals surface area contributed by atoms with Crippen LogP contribution in [-0.4, -0.2) is 33.0 Å². The van der Waals surface area contributed by atoms with Crippen molar-refractivity contribution in [3.05, 3.63) is 52.5 Å². The molecule has 6 nitrogen and oxygen atoms in total. The molecule has 0 spiro atoms. The highest BCUT2D eigenvalue weighted by Crippen LogP contribution is 2.34. The van der Waals surface area contributed by atoms with Gasteiger partial charge in [0.2, 0.25) is 5.91 Å². The fourth-order valence-electron chi connectivity index (χ4n) is 2.52. The summed E-state index contributed by atoms with van der Waals surface area (Å²) in [6.45, 7) is 0.248. The molecule has 0 unspecified atom stereocenters. The van der Waals surface area contributed by atoms with E-state index in [4.69, 9.17) is 25.8 Å². The highest BCUT2D eigenvalue weighted by atomic mass is 35.5. The lowest BCUT2D eigenvalue weighted by atomic mass is 10.1. The zero-order valence-corrected chi connectivity index (χ0v) is 16.3. The molecule has 144 valence electrons. The quantitative estimate of drug-likeness (QED) is 0.660. The van der Waals surface area contributed by atoms with Crippen molar-refractivity contribution >= 4 is 23.3 Å². The summed E-state index contributed by atoms with van der Waals surface area (Å²) in [6.07, 6.45) is 0.216. The molecule has 7 heteroatoms. The van der Waals surface area contributed by atoms with E-state index in [-0.39, 0.29) is 31.1 Å². The van der Waals surface area contributed by atoms with Crippen molar-refractivity contribution in [2.24, 2.45) is 0 Å². The summed E-state index contributed by atoms with van der Waals surface area (Å²) in [6, 6.07) is 10.0. The molecule has 0 atom stereocenters. The molecule has 0 aliphatic rings. The molecule has 1 N–H and O–H groups in total. The number of ether oxygens (including phenoxy) is 3. The van der Waals surface area contributed by atoms with E-state index in [0.717, 1.165) is 5.56 Å². The Morgan fingerprint density at radius 2 is 1.48 bits per heavy atom. The van der Waals surface area contributed by atoms with Gasteiger partial charge in [-0.2, -0.15) is 0 Å². The van der Waals surface area contributed by atoms with E-state index in [9.17, 15) is 9.59 Å². The number of carbonyl (C=O) groups is 2. The molecule has 2 aromatic rings. The number of hydrogen-bond acceptors (Lipinski definition) is 5. The Bertz CT molecular complexity index is 805. The van der Waals surface area contributed by atoms with Crippen LogP contribution < -0.4 is 19.5 Å². The maximum atomic E-state index is 12.1. The van der Waals surface area contributed by atoms with Gasteiger partial charge in [0.25, 0.3) is 0 Å². The van der Waals surface area contributed by atoms with Crippen molar-refractivity contribution in [2.75, 3.05) is 21.3 Å². The van der Waals surface area contributed by atoms with Crippen molar-refractivity contribution in [3.63, 3.8) is 0 Å². The summed E-state index contributed by atoms with van der Waals surface area (Å²) in [5.74, 6) is 1.32. The number of rotatable bonds is 9. The van der Waals surface area contributed by atoms with Gasteiger partial charge in [-0.25, -0.2) is 0 Å². The topological polar surface area (TPSA) is 73.9 Å². The Morgan fingerprint density at radius 1 is 0.889 bits per heavy atom. The molecule has 2 aromatic carbocycles. The summed E-state index contributed by atoms with van der Waals surface area (Å²) < 4.78 is 15.8. The van der Waals surface area contributed by atoms with Crippen LogP contribution in [0.1, 0.15) is 28.8 Å². The first-order valence-corrected chi connectivity index (χ1v) is 8.70. The van der Waals surface area contributed by atoms with Crippen LogP contribution in [0.5, 0.6) is 17.2 Å². The molecule has 0 aromatic heterocycles. The number of ketones is 1. The highest BCUT2D eigenvalue weighted by molar-refractivity contribution is 6.30. The molecule has 0 aliphatic heterocycles. The van der Waals surface area contributed by atoms with Crippen molar-refractivity contribution in [2.45, 2.75) is 19.4 Å². The number of benzene rings is 2. The van der Waals surface area contributed by atoms with E-state index < -0.39 is 0 Å². The van der Waals surface area contributed by atoms with Crippen LogP contribution in [0.2, 0.25) is 5.02 Å². The van der Waals surface area contributed by atoms with Crippen molar-refractivity contribution in [1.29, 1.82) is 0 Å². The molecule has 0 saturated carbocycles. The fourth-order valence-corrected chi connectivity index (χ4v) is 2.65. The number of methoxy groups -OCH3 is 3. The third-order valence-electron chi connectivity index (χ3n) is 4.01. The van der Waals surface area contributed by atoms with Gasteiger partial charge in [0.1, 0.15) is 5.75 Å². The molecule has 0 fully saturated rings. The van der Waals surface area contributed by atoms with Crippen molar-refractivity contribution in [1.82, 2.24) is 5.32 Å². The van der Waals surface area contributed by atoms with Crippen LogP contribution in [0.25, 0.3) is 0 Å². The maximum absolute atomic E-state index is 12.1. The molecular weight excluding hydrogens is 370 g/mol. The Balaban J connectivity index is 1.93. The van der Waals surface area contributed by atoms with Crippen molar-refractivity contribution < 1.29 is 23.8 Å². The minimum absolute atomic E-state index is 0.0943. The van der Waals surface area contributed by atoms with E-state index >= 15 is 0 Å². The lowest BCUT2D eigenvalue weighted by molar-refractivity contribution is -0.121. The van der Waals surface area contributed by atoms with Crippen molar-refractivity contribution in [3.8, 4) is 17.2 Å². The smallest absolute Gasteiger partial charge is 0.220 e. The second-order valence-electron chi connectivity index (χ2n) is 5.73. The lowest BCUT2D eigenvalue weighted by Crippen LogP contribution is -2.23. The van der Waals surface area contributed by atoms with E-state index in [2.05, 4.69) is 5.32 Å². The molecule has 2 rings (SSSR count). The highest BCUT2D eigenvalue weighted by Gasteiger charge is 2.14. The Hall–Kier alpha value is -2.73. The van der Waals surface area contributed by atoms with E-state index in [1.54, 1.807) is 36.4 Å². The summed E-state index contributed by atoms with van der Waals surface area (Å²) in [5, 5.41) is 3.35. The van der Waals surface area contributed by atoms with Gasteiger partial charge >= 0.3 is 0 Å². The van der Waals surface area contributed by atoms with E-state index in [1.165, 1.54) is 21.3 Å². The second kappa shape index (κ2) is 9.83. The van der Waals surface area contributed by atoms with Gasteiger partial charge in [-0.05, 0) is 30.3 Å². The monoisotopic (exact) mass is 391 g/mol. The van der Waals surface area contributed by atoms with E-state index in [1.807, 2.05) is 0 Å². The predicted octanol–water partition coefficient (Wildman–Crippen LogP) is 3.65. The van der Waals surface area contributed by atoms with Crippen LogP contribution >= 0.6 is 11.6 Å². The predicted molar refractivity (Wildman–Crippen MR) is 103 cm³/mol. The minimum atomic E-state index is -0.228. The summed E-state index contributed by atoms with van der Waals surface area (Å²) in [4.78, 5) is 24.2. The van der Waals surface area contributed by atoms with Gasteiger partial charge in [0.15, 0.2) is 17.3 Å². The van der Waals surface area contributed by atoms with Gasteiger partial charge in [-0.15, -0.1) is 0 Å². The average molecular weight is 392 g/mol. The first kappa shape index (κ1) is 20.6. The molecule has 0 aliphatic carbocycles. The third-order valence-corrected chi connectivity index (χ3v) is 4.26. The minimum Gasteiger partial charge on any atom is -0.496 e. The Labute approximate surface area is 163 Å². The lowest BCUT2D eigenvalue weighted by Gasteiger charge is -2.14. The zero-order valence-electron chi connectivity index (χ0n) is 15.5. The standard InChI is InChI=1S/C20H22ClNO5/c1-25-17-11-19(27-3)18(26-2)10-14(17)12-22-20(24)9-8-16(23)13-4-6-15(21)7-5-13/h4-7,10-11H,8-9,12H2,1-3H3,(H,22,24). The van der Waals surface area contributed by atoms with E-state index in [0.29, 0.717) is 27.8 Å². The number of Topliss-reactive ketones (excluding diaryl/α,β-unsaturated/α-hetero) is 1. The van der Waals surface area contributed by atoms with Crippen LogP contribution in [-0.2, 0) is 11.3 Å². The largest absolute Gasteiger partial charge is 0.496 e. The summed E-state index contributed by atoms with van der Waals surface area (Å²) in [7, 11) is 4.61. The number of halogens is 1. The van der Waals surface area contributed by atoms with Crippen LogP contribution in [0.3, 0.4) is 0 Å². The average Bonchev–Trinajstić information content (AvgIpc) is 2.70. The molecule has 0 radical (unpaired) electrons. The van der Waals surface area contributed by atoms with Gasteiger partial charge in [-0.3, -0.25) is 9.59 Å². The fraction of sp³-hybridized carbons (Fsp3) is 0.300. The molecule has 1 amide bonds. The van der Waals surface area contributed by atoms with Crippen LogP contribution in [0.15, 0.2) is 36.4 Å². The zero-order chi connectivity index (χ0) is 19.8. The summed E-state index contributed by atoms with van der Waals surface area (Å²) in [5.41, 5.74) is 1.28. The number of carbonyl (C=O) groups excluding carboxylic acids is 2. The number of amides is 1. The van der Waals surface area contributed by atoms with Crippen LogP contribution in [0.4, 0.5) is 0 Å². The third kappa shape index (κ3) is 5.62.